The predicted octanol–water partition coefficient (Wildman–Crippen LogP) is 3.71. The van der Waals surface area contributed by atoms with Crippen LogP contribution in [0.2, 0.25) is 0 Å². The molecule has 3 aromatic rings. The number of imidazole rings is 1. The molecule has 0 fully saturated rings. The fourth-order valence-electron chi connectivity index (χ4n) is 2.83. The Hall–Kier alpha value is -2.33. The molecule has 0 radical (unpaired) electrons. The van der Waals surface area contributed by atoms with Crippen molar-refractivity contribution in [1.29, 1.82) is 0 Å². The van der Waals surface area contributed by atoms with Gasteiger partial charge in [0.1, 0.15) is 17.7 Å². The summed E-state index contributed by atoms with van der Waals surface area (Å²) in [4.78, 5) is 4.64. The van der Waals surface area contributed by atoms with Gasteiger partial charge in [0.15, 0.2) is 0 Å². The maximum atomic E-state index is 10.9. The minimum atomic E-state index is -0.828. The Morgan fingerprint density at radius 3 is 2.45 bits per heavy atom. The average Bonchev–Trinajstić information content (AvgIpc) is 2.93. The zero-order chi connectivity index (χ0) is 15.7. The maximum absolute atomic E-state index is 10.9. The van der Waals surface area contributed by atoms with Crippen LogP contribution < -0.4 is 4.74 Å². The van der Waals surface area contributed by atoms with Crippen LogP contribution >= 0.6 is 0 Å². The Balaban J connectivity index is 2.19. The van der Waals surface area contributed by atoms with E-state index < -0.39 is 6.10 Å². The lowest BCUT2D eigenvalue weighted by Crippen LogP contribution is -2.12. The number of hydrogen-bond donors (Lipinski definition) is 1. The third-order valence-corrected chi connectivity index (χ3v) is 3.82. The van der Waals surface area contributed by atoms with Crippen LogP contribution in [0.4, 0.5) is 0 Å². The molecule has 4 nitrogen and oxygen atoms in total. The highest BCUT2D eigenvalue weighted by molar-refractivity contribution is 5.76. The Kier molecular flexibility index (Phi) is 3.86. The van der Waals surface area contributed by atoms with E-state index in [0.717, 1.165) is 16.6 Å². The van der Waals surface area contributed by atoms with Gasteiger partial charge in [0.2, 0.25) is 0 Å². The van der Waals surface area contributed by atoms with Gasteiger partial charge >= 0.3 is 0 Å². The van der Waals surface area contributed by atoms with Crippen LogP contribution in [0.1, 0.15) is 37.4 Å². The molecule has 4 heteroatoms. The molecule has 3 rings (SSSR count). The first-order valence-corrected chi connectivity index (χ1v) is 7.41. The van der Waals surface area contributed by atoms with Gasteiger partial charge in [-0.1, -0.05) is 30.3 Å². The Morgan fingerprint density at radius 2 is 1.73 bits per heavy atom. The topological polar surface area (TPSA) is 47.3 Å². The maximum Gasteiger partial charge on any atom is 0.143 e. The largest absolute Gasteiger partial charge is 0.496 e. The summed E-state index contributed by atoms with van der Waals surface area (Å²) in [6.07, 6.45) is -0.828. The number of methoxy groups -OCH3 is 1. The fourth-order valence-corrected chi connectivity index (χ4v) is 2.83. The smallest absolute Gasteiger partial charge is 0.143 e. The van der Waals surface area contributed by atoms with E-state index in [1.165, 1.54) is 0 Å². The molecule has 1 N–H and O–H groups in total. The minimum Gasteiger partial charge on any atom is -0.496 e. The van der Waals surface area contributed by atoms with Crippen LogP contribution in [-0.4, -0.2) is 21.8 Å². The second-order valence-corrected chi connectivity index (χ2v) is 5.57. The summed E-state index contributed by atoms with van der Waals surface area (Å²) in [5, 5.41) is 10.9. The summed E-state index contributed by atoms with van der Waals surface area (Å²) < 4.78 is 7.44. The quantitative estimate of drug-likeness (QED) is 0.798. The van der Waals surface area contributed by atoms with E-state index in [4.69, 9.17) is 4.74 Å². The molecule has 114 valence electrons. The van der Waals surface area contributed by atoms with Gasteiger partial charge in [0.25, 0.3) is 0 Å². The molecule has 0 saturated carbocycles. The van der Waals surface area contributed by atoms with Crippen LogP contribution in [0, 0.1) is 0 Å². The van der Waals surface area contributed by atoms with Gasteiger partial charge in [0, 0.05) is 11.6 Å². The third-order valence-electron chi connectivity index (χ3n) is 3.82. The lowest BCUT2D eigenvalue weighted by molar-refractivity contribution is 0.198. The van der Waals surface area contributed by atoms with E-state index in [0.29, 0.717) is 11.6 Å². The molecular formula is C18H20N2O2. The van der Waals surface area contributed by atoms with Crippen molar-refractivity contribution in [2.75, 3.05) is 7.11 Å². The first-order valence-electron chi connectivity index (χ1n) is 7.41. The number of aliphatic hydroxyl groups excluding tert-OH is 1. The highest BCUT2D eigenvalue weighted by Gasteiger charge is 2.23. The number of aliphatic hydroxyl groups is 1. The number of fused-ring (bicyclic) bond motifs is 1. The molecule has 0 spiro atoms. The summed E-state index contributed by atoms with van der Waals surface area (Å²) in [5.74, 6) is 1.30. The number of ether oxygens (including phenoxy) is 1. The molecule has 1 atom stereocenters. The molecule has 0 amide bonds. The predicted molar refractivity (Wildman–Crippen MR) is 87.2 cm³/mol. The molecule has 22 heavy (non-hydrogen) atoms. The normalized spacial score (nSPS) is 12.8. The monoisotopic (exact) mass is 296 g/mol. The fraction of sp³-hybridized carbons (Fsp3) is 0.278. The van der Waals surface area contributed by atoms with Crippen LogP contribution in [0.15, 0.2) is 48.5 Å². The number of para-hydroxylation sites is 3. The van der Waals surface area contributed by atoms with E-state index in [9.17, 15) is 5.11 Å². The van der Waals surface area contributed by atoms with Gasteiger partial charge in [-0.3, -0.25) is 0 Å². The molecule has 2 aromatic carbocycles. The van der Waals surface area contributed by atoms with Gasteiger partial charge in [-0.05, 0) is 32.0 Å². The molecular weight excluding hydrogens is 276 g/mol. The van der Waals surface area contributed by atoms with Crippen LogP contribution in [0.5, 0.6) is 5.75 Å². The Bertz CT molecular complexity index is 793. The van der Waals surface area contributed by atoms with Gasteiger partial charge in [-0.25, -0.2) is 4.98 Å². The summed E-state index contributed by atoms with van der Waals surface area (Å²) >= 11 is 0. The lowest BCUT2D eigenvalue weighted by atomic mass is 10.1. The molecule has 0 aliphatic carbocycles. The molecule has 1 aromatic heterocycles. The zero-order valence-electron chi connectivity index (χ0n) is 13.0. The number of nitrogens with zero attached hydrogens (tertiary/aromatic N) is 2. The van der Waals surface area contributed by atoms with Crippen molar-refractivity contribution >= 4 is 11.0 Å². The summed E-state index contributed by atoms with van der Waals surface area (Å²) in [6, 6.07) is 15.6. The number of aromatic nitrogens is 2. The number of benzene rings is 2. The number of rotatable bonds is 4. The molecule has 1 heterocycles. The SMILES string of the molecule is COc1ccccc1C(O)c1nc2ccccc2n1C(C)C. The van der Waals surface area contributed by atoms with Crippen LogP contribution in [0.3, 0.4) is 0 Å². The van der Waals surface area contributed by atoms with Crippen molar-refractivity contribution in [2.45, 2.75) is 26.0 Å². The lowest BCUT2D eigenvalue weighted by Gasteiger charge is -2.18. The van der Waals surface area contributed by atoms with Gasteiger partial charge in [-0.2, -0.15) is 0 Å². The van der Waals surface area contributed by atoms with Crippen molar-refractivity contribution in [3.8, 4) is 5.75 Å². The standard InChI is InChI=1S/C18H20N2O2/c1-12(2)20-15-10-6-5-9-14(15)19-18(20)17(21)13-8-4-7-11-16(13)22-3/h4-12,17,21H,1-3H3. The molecule has 0 aliphatic rings. The van der Waals surface area contributed by atoms with Gasteiger partial charge in [0.05, 0.1) is 18.1 Å². The van der Waals surface area contributed by atoms with Crippen LogP contribution in [0.25, 0.3) is 11.0 Å². The van der Waals surface area contributed by atoms with Gasteiger partial charge < -0.3 is 14.4 Å². The Morgan fingerprint density at radius 1 is 1.05 bits per heavy atom. The first-order chi connectivity index (χ1) is 10.6. The molecule has 0 saturated heterocycles. The third kappa shape index (κ3) is 2.35. The second-order valence-electron chi connectivity index (χ2n) is 5.57. The van der Waals surface area contributed by atoms with Crippen molar-refractivity contribution < 1.29 is 9.84 Å². The van der Waals surface area contributed by atoms with Gasteiger partial charge in [-0.15, -0.1) is 0 Å². The van der Waals surface area contributed by atoms with Crippen molar-refractivity contribution in [2.24, 2.45) is 0 Å². The summed E-state index contributed by atoms with van der Waals surface area (Å²) in [5.41, 5.74) is 2.64. The van der Waals surface area contributed by atoms with Crippen molar-refractivity contribution in [3.05, 3.63) is 59.9 Å². The summed E-state index contributed by atoms with van der Waals surface area (Å²) in [7, 11) is 1.61. The van der Waals surface area contributed by atoms with E-state index in [-0.39, 0.29) is 6.04 Å². The highest BCUT2D eigenvalue weighted by Crippen LogP contribution is 2.32. The molecule has 1 unspecified atom stereocenters. The molecule has 0 aliphatic heterocycles. The second kappa shape index (κ2) is 5.81. The molecule has 0 bridgehead atoms. The minimum absolute atomic E-state index is 0.201. The first kappa shape index (κ1) is 14.6. The van der Waals surface area contributed by atoms with E-state index in [1.807, 2.05) is 48.5 Å². The van der Waals surface area contributed by atoms with E-state index >= 15 is 0 Å². The van der Waals surface area contributed by atoms with Crippen LogP contribution in [-0.2, 0) is 0 Å². The number of hydrogen-bond acceptors (Lipinski definition) is 3. The van der Waals surface area contributed by atoms with E-state index in [1.54, 1.807) is 7.11 Å². The Labute approximate surface area is 130 Å². The van der Waals surface area contributed by atoms with Crippen molar-refractivity contribution in [1.82, 2.24) is 9.55 Å². The highest BCUT2D eigenvalue weighted by atomic mass is 16.5. The van der Waals surface area contributed by atoms with Crippen molar-refractivity contribution in [3.63, 3.8) is 0 Å². The average molecular weight is 296 g/mol. The zero-order valence-corrected chi connectivity index (χ0v) is 13.0. The summed E-state index contributed by atoms with van der Waals surface area (Å²) in [6.45, 7) is 4.18. The van der Waals surface area contributed by atoms with E-state index in [2.05, 4.69) is 23.4 Å².